The molecule has 5 nitrogen and oxygen atoms in total. The standard InChI is InChI=1S/C18H22N2O3/c1-11-4-7-15(16(8-11)22-10-14-5-6-14)9-19-18(21)17-12(2)20-23-13(17)3/h4,7-8,14H,5-6,9-10H2,1-3H3,(H,19,21). The van der Waals surface area contributed by atoms with Crippen LogP contribution in [0.2, 0.25) is 0 Å². The second-order valence-electron chi connectivity index (χ2n) is 6.25. The molecule has 23 heavy (non-hydrogen) atoms. The van der Waals surface area contributed by atoms with Crippen molar-refractivity contribution in [3.63, 3.8) is 0 Å². The van der Waals surface area contributed by atoms with Crippen molar-refractivity contribution in [1.82, 2.24) is 10.5 Å². The number of hydrogen-bond donors (Lipinski definition) is 1. The Labute approximate surface area is 136 Å². The summed E-state index contributed by atoms with van der Waals surface area (Å²) in [5.41, 5.74) is 3.25. The molecule has 1 aliphatic rings. The maximum absolute atomic E-state index is 12.3. The van der Waals surface area contributed by atoms with Gasteiger partial charge in [-0.1, -0.05) is 17.3 Å². The van der Waals surface area contributed by atoms with E-state index in [1.54, 1.807) is 13.8 Å². The summed E-state index contributed by atoms with van der Waals surface area (Å²) in [6, 6.07) is 6.06. The number of benzene rings is 1. The third-order valence-electron chi connectivity index (χ3n) is 4.09. The van der Waals surface area contributed by atoms with Gasteiger partial charge in [0.15, 0.2) is 0 Å². The molecule has 1 aromatic heterocycles. The van der Waals surface area contributed by atoms with Crippen LogP contribution in [0.5, 0.6) is 5.75 Å². The Hall–Kier alpha value is -2.30. The SMILES string of the molecule is Cc1ccc(CNC(=O)c2c(C)noc2C)c(OCC2CC2)c1. The molecule has 1 N–H and O–H groups in total. The summed E-state index contributed by atoms with van der Waals surface area (Å²) in [5, 5.41) is 6.74. The van der Waals surface area contributed by atoms with Crippen molar-refractivity contribution in [1.29, 1.82) is 0 Å². The minimum atomic E-state index is -0.171. The summed E-state index contributed by atoms with van der Waals surface area (Å²) in [6.45, 7) is 6.72. The summed E-state index contributed by atoms with van der Waals surface area (Å²) >= 11 is 0. The Kier molecular flexibility index (Phi) is 4.37. The quantitative estimate of drug-likeness (QED) is 0.888. The van der Waals surface area contributed by atoms with E-state index in [0.717, 1.165) is 23.5 Å². The lowest BCUT2D eigenvalue weighted by Gasteiger charge is -2.13. The lowest BCUT2D eigenvalue weighted by Crippen LogP contribution is -2.24. The van der Waals surface area contributed by atoms with E-state index in [4.69, 9.17) is 9.26 Å². The molecule has 0 atom stereocenters. The maximum atomic E-state index is 12.3. The van der Waals surface area contributed by atoms with E-state index < -0.39 is 0 Å². The van der Waals surface area contributed by atoms with Crippen LogP contribution in [-0.4, -0.2) is 17.7 Å². The Morgan fingerprint density at radius 1 is 1.35 bits per heavy atom. The van der Waals surface area contributed by atoms with Gasteiger partial charge in [0.2, 0.25) is 0 Å². The Morgan fingerprint density at radius 3 is 2.78 bits per heavy atom. The highest BCUT2D eigenvalue weighted by Gasteiger charge is 2.22. The van der Waals surface area contributed by atoms with Crippen molar-refractivity contribution in [3.05, 3.63) is 46.3 Å². The van der Waals surface area contributed by atoms with E-state index in [1.165, 1.54) is 12.8 Å². The van der Waals surface area contributed by atoms with Gasteiger partial charge in [-0.2, -0.15) is 0 Å². The van der Waals surface area contributed by atoms with Crippen LogP contribution >= 0.6 is 0 Å². The van der Waals surface area contributed by atoms with Crippen LogP contribution in [0.15, 0.2) is 22.7 Å². The Balaban J connectivity index is 1.68. The lowest BCUT2D eigenvalue weighted by atomic mass is 10.1. The number of rotatable bonds is 6. The van der Waals surface area contributed by atoms with E-state index in [-0.39, 0.29) is 5.91 Å². The number of hydrogen-bond acceptors (Lipinski definition) is 4. The van der Waals surface area contributed by atoms with Crippen LogP contribution in [0.3, 0.4) is 0 Å². The van der Waals surface area contributed by atoms with Crippen LogP contribution in [0.1, 0.15) is 45.8 Å². The molecule has 1 saturated carbocycles. The first kappa shape index (κ1) is 15.6. The zero-order valence-corrected chi connectivity index (χ0v) is 13.8. The van der Waals surface area contributed by atoms with E-state index in [2.05, 4.69) is 10.5 Å². The van der Waals surface area contributed by atoms with Crippen molar-refractivity contribution in [3.8, 4) is 5.75 Å². The first-order chi connectivity index (χ1) is 11.0. The number of carbonyl (C=O) groups is 1. The molecular formula is C18H22N2O3. The topological polar surface area (TPSA) is 64.4 Å². The largest absolute Gasteiger partial charge is 0.493 e. The van der Waals surface area contributed by atoms with Gasteiger partial charge in [0, 0.05) is 12.1 Å². The van der Waals surface area contributed by atoms with Crippen molar-refractivity contribution < 1.29 is 14.1 Å². The second kappa shape index (κ2) is 6.44. The molecule has 122 valence electrons. The molecule has 0 aliphatic heterocycles. The van der Waals surface area contributed by atoms with Crippen LogP contribution in [0.25, 0.3) is 0 Å². The molecule has 0 bridgehead atoms. The third-order valence-corrected chi connectivity index (χ3v) is 4.09. The maximum Gasteiger partial charge on any atom is 0.257 e. The summed E-state index contributed by atoms with van der Waals surface area (Å²) < 4.78 is 11.0. The summed E-state index contributed by atoms with van der Waals surface area (Å²) in [5.74, 6) is 1.92. The minimum absolute atomic E-state index is 0.171. The second-order valence-corrected chi connectivity index (χ2v) is 6.25. The van der Waals surface area contributed by atoms with Gasteiger partial charge in [0.05, 0.1) is 12.3 Å². The zero-order chi connectivity index (χ0) is 16.4. The molecule has 0 spiro atoms. The number of aromatic nitrogens is 1. The molecule has 1 amide bonds. The molecule has 1 aromatic carbocycles. The van der Waals surface area contributed by atoms with E-state index in [9.17, 15) is 4.79 Å². The Morgan fingerprint density at radius 2 is 2.13 bits per heavy atom. The molecule has 5 heteroatoms. The minimum Gasteiger partial charge on any atom is -0.493 e. The van der Waals surface area contributed by atoms with Crippen LogP contribution in [0, 0.1) is 26.7 Å². The predicted molar refractivity (Wildman–Crippen MR) is 86.5 cm³/mol. The third kappa shape index (κ3) is 3.73. The van der Waals surface area contributed by atoms with Gasteiger partial charge in [-0.3, -0.25) is 4.79 Å². The normalized spacial score (nSPS) is 13.9. The van der Waals surface area contributed by atoms with Crippen molar-refractivity contribution in [2.45, 2.75) is 40.2 Å². The molecule has 1 heterocycles. The smallest absolute Gasteiger partial charge is 0.257 e. The number of amides is 1. The van der Waals surface area contributed by atoms with Crippen LogP contribution in [0.4, 0.5) is 0 Å². The van der Waals surface area contributed by atoms with Crippen molar-refractivity contribution in [2.75, 3.05) is 6.61 Å². The first-order valence-electron chi connectivity index (χ1n) is 7.98. The molecule has 0 radical (unpaired) electrons. The average molecular weight is 314 g/mol. The predicted octanol–water partition coefficient (Wildman–Crippen LogP) is 3.32. The highest BCUT2D eigenvalue weighted by Crippen LogP contribution is 2.30. The summed E-state index contributed by atoms with van der Waals surface area (Å²) in [7, 11) is 0. The fraction of sp³-hybridized carbons (Fsp3) is 0.444. The molecule has 0 unspecified atom stereocenters. The van der Waals surface area contributed by atoms with Gasteiger partial charge in [0.1, 0.15) is 17.1 Å². The van der Waals surface area contributed by atoms with E-state index in [0.29, 0.717) is 29.5 Å². The number of nitrogens with one attached hydrogen (secondary N) is 1. The molecule has 0 saturated heterocycles. The van der Waals surface area contributed by atoms with E-state index in [1.807, 2.05) is 25.1 Å². The molecule has 1 fully saturated rings. The average Bonchev–Trinajstić information content (AvgIpc) is 3.28. The fourth-order valence-electron chi connectivity index (χ4n) is 2.51. The van der Waals surface area contributed by atoms with Gasteiger partial charge in [-0.25, -0.2) is 0 Å². The molecular weight excluding hydrogens is 292 g/mol. The summed E-state index contributed by atoms with van der Waals surface area (Å²) in [4.78, 5) is 12.3. The number of carbonyl (C=O) groups excluding carboxylic acids is 1. The monoisotopic (exact) mass is 314 g/mol. The van der Waals surface area contributed by atoms with Gasteiger partial charge in [-0.05, 0) is 51.2 Å². The van der Waals surface area contributed by atoms with Gasteiger partial charge in [0.25, 0.3) is 5.91 Å². The van der Waals surface area contributed by atoms with E-state index >= 15 is 0 Å². The fourth-order valence-corrected chi connectivity index (χ4v) is 2.51. The molecule has 3 rings (SSSR count). The van der Waals surface area contributed by atoms with Crippen molar-refractivity contribution >= 4 is 5.91 Å². The van der Waals surface area contributed by atoms with Crippen molar-refractivity contribution in [2.24, 2.45) is 5.92 Å². The van der Waals surface area contributed by atoms with Gasteiger partial charge < -0.3 is 14.6 Å². The van der Waals surface area contributed by atoms with Gasteiger partial charge in [-0.15, -0.1) is 0 Å². The summed E-state index contributed by atoms with van der Waals surface area (Å²) in [6.07, 6.45) is 2.51. The molecule has 2 aromatic rings. The van der Waals surface area contributed by atoms with Crippen LogP contribution in [-0.2, 0) is 6.54 Å². The number of aryl methyl sites for hydroxylation is 3. The van der Waals surface area contributed by atoms with Crippen LogP contribution < -0.4 is 10.1 Å². The lowest BCUT2D eigenvalue weighted by molar-refractivity contribution is 0.0948. The first-order valence-corrected chi connectivity index (χ1v) is 7.98. The number of ether oxygens (including phenoxy) is 1. The highest BCUT2D eigenvalue weighted by atomic mass is 16.5. The highest BCUT2D eigenvalue weighted by molar-refractivity contribution is 5.96. The number of nitrogens with zero attached hydrogens (tertiary/aromatic N) is 1. The molecule has 1 aliphatic carbocycles. The Bertz CT molecular complexity index is 698. The zero-order valence-electron chi connectivity index (χ0n) is 13.8. The van der Waals surface area contributed by atoms with Gasteiger partial charge >= 0.3 is 0 Å².